The van der Waals surface area contributed by atoms with Gasteiger partial charge in [-0.15, -0.1) is 0 Å². The fourth-order valence-electron chi connectivity index (χ4n) is 3.52. The average Bonchev–Trinajstić information content (AvgIpc) is 3.27. The number of carbonyl (C=O) groups excluding carboxylic acids is 1. The molecule has 0 radical (unpaired) electrons. The van der Waals surface area contributed by atoms with E-state index in [-0.39, 0.29) is 12.1 Å². The number of urea groups is 1. The summed E-state index contributed by atoms with van der Waals surface area (Å²) in [7, 11) is 3.26. The van der Waals surface area contributed by atoms with Gasteiger partial charge in [-0.2, -0.15) is 0 Å². The molecule has 1 heterocycles. The van der Waals surface area contributed by atoms with Crippen LogP contribution < -0.4 is 20.1 Å². The first-order chi connectivity index (χ1) is 15.6. The monoisotopic (exact) mass is 430 g/mol. The van der Waals surface area contributed by atoms with Crippen LogP contribution in [0.1, 0.15) is 23.0 Å². The van der Waals surface area contributed by atoms with E-state index in [2.05, 4.69) is 15.6 Å². The van der Waals surface area contributed by atoms with Crippen LogP contribution in [0.25, 0.3) is 11.0 Å². The number of benzene rings is 3. The van der Waals surface area contributed by atoms with Crippen LogP contribution in [0.15, 0.2) is 72.8 Å². The smallest absolute Gasteiger partial charge is 0.315 e. The Kier molecular flexibility index (Phi) is 6.55. The first kappa shape index (κ1) is 21.2. The van der Waals surface area contributed by atoms with Crippen LogP contribution in [0, 0.1) is 0 Å². The standard InChI is InChI=1S/C25H26N4O3/c1-31-19-12-10-17(11-13-19)15-23(24-27-21-8-3-4-9-22(21)28-24)29-25(30)26-16-18-6-5-7-20(14-18)32-2/h3-14,23H,15-16H2,1-2H3,(H,27,28)(H2,26,29,30). The molecular weight excluding hydrogens is 404 g/mol. The molecule has 3 N–H and O–H groups in total. The minimum Gasteiger partial charge on any atom is -0.497 e. The van der Waals surface area contributed by atoms with Gasteiger partial charge in [0.2, 0.25) is 0 Å². The molecule has 0 aliphatic rings. The van der Waals surface area contributed by atoms with Gasteiger partial charge in [-0.25, -0.2) is 9.78 Å². The van der Waals surface area contributed by atoms with Gasteiger partial charge in [0.05, 0.1) is 31.3 Å². The van der Waals surface area contributed by atoms with Crippen LogP contribution in [0.4, 0.5) is 4.79 Å². The predicted octanol–water partition coefficient (Wildman–Crippen LogP) is 4.36. The molecule has 0 spiro atoms. The van der Waals surface area contributed by atoms with E-state index in [1.807, 2.05) is 72.8 Å². The van der Waals surface area contributed by atoms with Crippen molar-refractivity contribution >= 4 is 17.1 Å². The largest absolute Gasteiger partial charge is 0.497 e. The van der Waals surface area contributed by atoms with Crippen molar-refractivity contribution in [3.05, 3.63) is 89.7 Å². The summed E-state index contributed by atoms with van der Waals surface area (Å²) in [6.07, 6.45) is 0.580. The Bertz CT molecular complexity index is 1150. The summed E-state index contributed by atoms with van der Waals surface area (Å²) >= 11 is 0. The number of para-hydroxylation sites is 2. The van der Waals surface area contributed by atoms with Crippen LogP contribution in [0.2, 0.25) is 0 Å². The Hall–Kier alpha value is -4.00. The number of nitrogens with one attached hydrogen (secondary N) is 3. The van der Waals surface area contributed by atoms with Crippen molar-refractivity contribution in [2.45, 2.75) is 19.0 Å². The highest BCUT2D eigenvalue weighted by molar-refractivity contribution is 5.76. The summed E-state index contributed by atoms with van der Waals surface area (Å²) < 4.78 is 10.5. The van der Waals surface area contributed by atoms with Gasteiger partial charge in [-0.3, -0.25) is 0 Å². The maximum atomic E-state index is 12.7. The van der Waals surface area contributed by atoms with E-state index in [9.17, 15) is 4.79 Å². The number of ether oxygens (including phenoxy) is 2. The summed E-state index contributed by atoms with van der Waals surface area (Å²) in [4.78, 5) is 20.8. The Balaban J connectivity index is 1.50. The van der Waals surface area contributed by atoms with E-state index >= 15 is 0 Å². The van der Waals surface area contributed by atoms with E-state index in [4.69, 9.17) is 14.5 Å². The number of carbonyl (C=O) groups is 1. The lowest BCUT2D eigenvalue weighted by Crippen LogP contribution is -2.38. The number of hydrogen-bond donors (Lipinski definition) is 3. The maximum absolute atomic E-state index is 12.7. The van der Waals surface area contributed by atoms with Gasteiger partial charge in [0.15, 0.2) is 0 Å². The molecule has 0 aliphatic carbocycles. The van der Waals surface area contributed by atoms with E-state index < -0.39 is 0 Å². The second-order valence-electron chi connectivity index (χ2n) is 7.42. The lowest BCUT2D eigenvalue weighted by Gasteiger charge is -2.18. The van der Waals surface area contributed by atoms with Crippen molar-refractivity contribution in [1.29, 1.82) is 0 Å². The second-order valence-corrected chi connectivity index (χ2v) is 7.42. The third-order valence-electron chi connectivity index (χ3n) is 5.23. The fraction of sp³-hybridized carbons (Fsp3) is 0.200. The summed E-state index contributed by atoms with van der Waals surface area (Å²) in [6, 6.07) is 22.6. The minimum absolute atomic E-state index is 0.271. The molecule has 3 aromatic carbocycles. The van der Waals surface area contributed by atoms with Crippen molar-refractivity contribution < 1.29 is 14.3 Å². The third-order valence-corrected chi connectivity index (χ3v) is 5.23. The van der Waals surface area contributed by atoms with Gasteiger partial charge in [0.1, 0.15) is 17.3 Å². The Morgan fingerprint density at radius 3 is 2.47 bits per heavy atom. The Morgan fingerprint density at radius 2 is 1.72 bits per heavy atom. The highest BCUT2D eigenvalue weighted by Crippen LogP contribution is 2.21. The summed E-state index contributed by atoms with van der Waals surface area (Å²) in [5.74, 6) is 2.25. The van der Waals surface area contributed by atoms with Gasteiger partial charge in [0.25, 0.3) is 0 Å². The van der Waals surface area contributed by atoms with Gasteiger partial charge in [-0.1, -0.05) is 36.4 Å². The molecule has 32 heavy (non-hydrogen) atoms. The fourth-order valence-corrected chi connectivity index (χ4v) is 3.52. The zero-order valence-corrected chi connectivity index (χ0v) is 18.1. The van der Waals surface area contributed by atoms with Crippen molar-refractivity contribution in [2.24, 2.45) is 0 Å². The molecular formula is C25H26N4O3. The molecule has 7 nitrogen and oxygen atoms in total. The van der Waals surface area contributed by atoms with Crippen molar-refractivity contribution in [1.82, 2.24) is 20.6 Å². The van der Waals surface area contributed by atoms with Crippen LogP contribution >= 0.6 is 0 Å². The number of amides is 2. The van der Waals surface area contributed by atoms with Gasteiger partial charge < -0.3 is 25.1 Å². The molecule has 1 unspecified atom stereocenters. The van der Waals surface area contributed by atoms with Crippen molar-refractivity contribution in [3.63, 3.8) is 0 Å². The molecule has 0 saturated carbocycles. The normalized spacial score (nSPS) is 11.7. The molecule has 164 valence electrons. The van der Waals surface area contributed by atoms with E-state index in [1.54, 1.807) is 14.2 Å². The highest BCUT2D eigenvalue weighted by atomic mass is 16.5. The van der Waals surface area contributed by atoms with Crippen LogP contribution in [-0.4, -0.2) is 30.2 Å². The number of aromatic amines is 1. The summed E-state index contributed by atoms with van der Waals surface area (Å²) in [5, 5.41) is 5.98. The molecule has 0 bridgehead atoms. The number of H-pyrrole nitrogens is 1. The van der Waals surface area contributed by atoms with Gasteiger partial charge in [0, 0.05) is 6.54 Å². The number of fused-ring (bicyclic) bond motifs is 1. The number of methoxy groups -OCH3 is 2. The zero-order chi connectivity index (χ0) is 22.3. The summed E-state index contributed by atoms with van der Waals surface area (Å²) in [5.41, 5.74) is 3.81. The second kappa shape index (κ2) is 9.87. The number of aromatic nitrogens is 2. The molecule has 1 aromatic heterocycles. The SMILES string of the molecule is COc1ccc(CC(NC(=O)NCc2cccc(OC)c2)c2nc3ccccc3[nH]2)cc1. The first-order valence-electron chi connectivity index (χ1n) is 10.4. The van der Waals surface area contributed by atoms with E-state index in [0.717, 1.165) is 33.7 Å². The number of rotatable bonds is 8. The van der Waals surface area contributed by atoms with E-state index in [0.29, 0.717) is 18.8 Å². The molecule has 4 aromatic rings. The maximum Gasteiger partial charge on any atom is 0.315 e. The molecule has 1 atom stereocenters. The predicted molar refractivity (Wildman–Crippen MR) is 124 cm³/mol. The molecule has 0 fully saturated rings. The topological polar surface area (TPSA) is 88.3 Å². The van der Waals surface area contributed by atoms with E-state index in [1.165, 1.54) is 0 Å². The van der Waals surface area contributed by atoms with Crippen LogP contribution in [0.5, 0.6) is 11.5 Å². The minimum atomic E-state index is -0.332. The quantitative estimate of drug-likeness (QED) is 0.387. The highest BCUT2D eigenvalue weighted by Gasteiger charge is 2.19. The lowest BCUT2D eigenvalue weighted by atomic mass is 10.1. The van der Waals surface area contributed by atoms with Crippen molar-refractivity contribution in [2.75, 3.05) is 14.2 Å². The Morgan fingerprint density at radius 1 is 0.938 bits per heavy atom. The average molecular weight is 431 g/mol. The molecule has 2 amide bonds. The van der Waals surface area contributed by atoms with Crippen LogP contribution in [0.3, 0.4) is 0 Å². The molecule has 0 aliphatic heterocycles. The first-order valence-corrected chi connectivity index (χ1v) is 10.4. The molecule has 4 rings (SSSR count). The summed E-state index contributed by atoms with van der Waals surface area (Å²) in [6.45, 7) is 0.387. The molecule has 7 heteroatoms. The lowest BCUT2D eigenvalue weighted by molar-refractivity contribution is 0.236. The van der Waals surface area contributed by atoms with Gasteiger partial charge >= 0.3 is 6.03 Å². The number of hydrogen-bond acceptors (Lipinski definition) is 4. The number of nitrogens with zero attached hydrogens (tertiary/aromatic N) is 1. The number of imidazole rings is 1. The zero-order valence-electron chi connectivity index (χ0n) is 18.1. The third kappa shape index (κ3) is 5.18. The van der Waals surface area contributed by atoms with Crippen molar-refractivity contribution in [3.8, 4) is 11.5 Å². The Labute approximate surface area is 186 Å². The molecule has 0 saturated heterocycles. The van der Waals surface area contributed by atoms with Crippen LogP contribution in [-0.2, 0) is 13.0 Å². The van der Waals surface area contributed by atoms with Gasteiger partial charge in [-0.05, 0) is 53.9 Å².